The van der Waals surface area contributed by atoms with Crippen molar-refractivity contribution in [2.45, 2.75) is 37.3 Å². The molecule has 2 nitrogen and oxygen atoms in total. The predicted molar refractivity (Wildman–Crippen MR) is 81.3 cm³/mol. The summed E-state index contributed by atoms with van der Waals surface area (Å²) in [5.74, 6) is 2.56. The molecule has 2 atom stereocenters. The van der Waals surface area contributed by atoms with Crippen molar-refractivity contribution in [2.24, 2.45) is 11.7 Å². The first-order chi connectivity index (χ1) is 9.69. The SMILES string of the molecule is NC(c1cccc(F)c1)C1CCOC2(CCSCC2)C1. The van der Waals surface area contributed by atoms with Crippen LogP contribution in [0.4, 0.5) is 4.39 Å². The lowest BCUT2D eigenvalue weighted by atomic mass is 9.77. The fourth-order valence-corrected chi connectivity index (χ4v) is 4.69. The molecule has 4 heteroatoms. The van der Waals surface area contributed by atoms with Crippen molar-refractivity contribution in [3.8, 4) is 0 Å². The van der Waals surface area contributed by atoms with E-state index in [0.29, 0.717) is 5.92 Å². The van der Waals surface area contributed by atoms with E-state index in [-0.39, 0.29) is 17.5 Å². The van der Waals surface area contributed by atoms with Crippen LogP contribution in [0.1, 0.15) is 37.3 Å². The van der Waals surface area contributed by atoms with Gasteiger partial charge in [-0.3, -0.25) is 0 Å². The van der Waals surface area contributed by atoms with Crippen molar-refractivity contribution < 1.29 is 9.13 Å². The van der Waals surface area contributed by atoms with Gasteiger partial charge in [-0.25, -0.2) is 4.39 Å². The molecule has 2 unspecified atom stereocenters. The van der Waals surface area contributed by atoms with Gasteiger partial charge >= 0.3 is 0 Å². The van der Waals surface area contributed by atoms with E-state index in [1.165, 1.54) is 17.6 Å². The molecular formula is C16H22FNOS. The third kappa shape index (κ3) is 3.02. The monoisotopic (exact) mass is 295 g/mol. The Morgan fingerprint density at radius 2 is 2.15 bits per heavy atom. The lowest BCUT2D eigenvalue weighted by molar-refractivity contribution is -0.105. The Morgan fingerprint density at radius 1 is 1.35 bits per heavy atom. The first-order valence-electron chi connectivity index (χ1n) is 7.41. The molecular weight excluding hydrogens is 273 g/mol. The fraction of sp³-hybridized carbons (Fsp3) is 0.625. The Labute approximate surface area is 124 Å². The van der Waals surface area contributed by atoms with Crippen molar-refractivity contribution in [1.82, 2.24) is 0 Å². The van der Waals surface area contributed by atoms with Crippen LogP contribution >= 0.6 is 11.8 Å². The van der Waals surface area contributed by atoms with E-state index >= 15 is 0 Å². The van der Waals surface area contributed by atoms with E-state index in [2.05, 4.69) is 0 Å². The molecule has 3 rings (SSSR count). The van der Waals surface area contributed by atoms with Gasteiger partial charge in [-0.15, -0.1) is 0 Å². The number of hydrogen-bond acceptors (Lipinski definition) is 3. The topological polar surface area (TPSA) is 35.2 Å². The van der Waals surface area contributed by atoms with Crippen LogP contribution in [0.3, 0.4) is 0 Å². The Bertz CT molecular complexity index is 456. The van der Waals surface area contributed by atoms with Gasteiger partial charge in [0.1, 0.15) is 5.82 Å². The quantitative estimate of drug-likeness (QED) is 0.906. The molecule has 20 heavy (non-hydrogen) atoms. The number of halogens is 1. The van der Waals surface area contributed by atoms with E-state index < -0.39 is 0 Å². The molecule has 0 amide bonds. The van der Waals surface area contributed by atoms with E-state index in [0.717, 1.165) is 37.9 Å². The summed E-state index contributed by atoms with van der Waals surface area (Å²) in [5, 5.41) is 0. The average Bonchev–Trinajstić information content (AvgIpc) is 2.47. The van der Waals surface area contributed by atoms with Gasteiger partial charge in [-0.05, 0) is 60.8 Å². The normalized spacial score (nSPS) is 27.4. The molecule has 2 fully saturated rings. The van der Waals surface area contributed by atoms with E-state index in [9.17, 15) is 4.39 Å². The highest BCUT2D eigenvalue weighted by molar-refractivity contribution is 7.99. The van der Waals surface area contributed by atoms with Gasteiger partial charge < -0.3 is 10.5 Å². The minimum Gasteiger partial charge on any atom is -0.375 e. The predicted octanol–water partition coefficient (Wildman–Crippen LogP) is 3.52. The average molecular weight is 295 g/mol. The van der Waals surface area contributed by atoms with Crippen LogP contribution < -0.4 is 5.73 Å². The smallest absolute Gasteiger partial charge is 0.123 e. The standard InChI is InChI=1S/C16H22FNOS/c17-14-3-1-2-12(10-14)15(18)13-4-7-19-16(11-13)5-8-20-9-6-16/h1-3,10,13,15H,4-9,11,18H2. The zero-order chi connectivity index (χ0) is 14.0. The molecule has 110 valence electrons. The van der Waals surface area contributed by atoms with E-state index in [1.807, 2.05) is 17.8 Å². The van der Waals surface area contributed by atoms with Gasteiger partial charge in [-0.1, -0.05) is 12.1 Å². The lowest BCUT2D eigenvalue weighted by Gasteiger charge is -2.44. The van der Waals surface area contributed by atoms with Crippen molar-refractivity contribution in [3.05, 3.63) is 35.6 Å². The third-order valence-electron chi connectivity index (χ3n) is 4.68. The minimum absolute atomic E-state index is 0.0408. The Kier molecular flexibility index (Phi) is 4.34. The van der Waals surface area contributed by atoms with Crippen molar-refractivity contribution in [1.29, 1.82) is 0 Å². The van der Waals surface area contributed by atoms with Crippen molar-refractivity contribution in [2.75, 3.05) is 18.1 Å². The van der Waals surface area contributed by atoms with Gasteiger partial charge in [0.15, 0.2) is 0 Å². The summed E-state index contributed by atoms with van der Waals surface area (Å²) in [6, 6.07) is 6.65. The summed E-state index contributed by atoms with van der Waals surface area (Å²) >= 11 is 2.01. The number of rotatable bonds is 2. The van der Waals surface area contributed by atoms with Crippen molar-refractivity contribution >= 4 is 11.8 Å². The van der Waals surface area contributed by atoms with Crippen LogP contribution in [0.2, 0.25) is 0 Å². The summed E-state index contributed by atoms with van der Waals surface area (Å²) in [4.78, 5) is 0. The summed E-state index contributed by atoms with van der Waals surface area (Å²) < 4.78 is 19.5. The molecule has 1 aromatic carbocycles. The highest BCUT2D eigenvalue weighted by atomic mass is 32.2. The Morgan fingerprint density at radius 3 is 2.90 bits per heavy atom. The summed E-state index contributed by atoms with van der Waals surface area (Å²) in [5.41, 5.74) is 7.36. The maximum Gasteiger partial charge on any atom is 0.123 e. The summed E-state index contributed by atoms with van der Waals surface area (Å²) in [6.45, 7) is 0.790. The molecule has 0 aliphatic carbocycles. The van der Waals surface area contributed by atoms with Crippen molar-refractivity contribution in [3.63, 3.8) is 0 Å². The van der Waals surface area contributed by atoms with Crippen LogP contribution in [0, 0.1) is 11.7 Å². The largest absolute Gasteiger partial charge is 0.375 e. The van der Waals surface area contributed by atoms with Crippen LogP contribution in [-0.4, -0.2) is 23.7 Å². The molecule has 2 aliphatic rings. The molecule has 2 aliphatic heterocycles. The number of ether oxygens (including phenoxy) is 1. The second-order valence-corrected chi connectivity index (χ2v) is 7.20. The molecule has 1 spiro atoms. The first-order valence-corrected chi connectivity index (χ1v) is 8.57. The van der Waals surface area contributed by atoms with Gasteiger partial charge in [0.25, 0.3) is 0 Å². The highest BCUT2D eigenvalue weighted by Gasteiger charge is 2.40. The minimum atomic E-state index is -0.200. The fourth-order valence-electron chi connectivity index (χ4n) is 3.45. The van der Waals surface area contributed by atoms with Gasteiger partial charge in [0.05, 0.1) is 5.60 Å². The third-order valence-corrected chi connectivity index (χ3v) is 5.66. The molecule has 0 bridgehead atoms. The molecule has 0 aromatic heterocycles. The summed E-state index contributed by atoms with van der Waals surface area (Å²) in [6.07, 6.45) is 4.26. The van der Waals surface area contributed by atoms with Gasteiger partial charge in [-0.2, -0.15) is 11.8 Å². The molecule has 2 N–H and O–H groups in total. The summed E-state index contributed by atoms with van der Waals surface area (Å²) in [7, 11) is 0. The maximum absolute atomic E-state index is 13.4. The van der Waals surface area contributed by atoms with Crippen LogP contribution in [0.25, 0.3) is 0 Å². The lowest BCUT2D eigenvalue weighted by Crippen LogP contribution is -2.45. The molecule has 0 radical (unpaired) electrons. The zero-order valence-electron chi connectivity index (χ0n) is 11.7. The first kappa shape index (κ1) is 14.4. The zero-order valence-corrected chi connectivity index (χ0v) is 12.5. The van der Waals surface area contributed by atoms with E-state index in [4.69, 9.17) is 10.5 Å². The molecule has 0 saturated carbocycles. The van der Waals surface area contributed by atoms with Crippen LogP contribution in [-0.2, 0) is 4.74 Å². The number of thioether (sulfide) groups is 1. The number of benzene rings is 1. The van der Waals surface area contributed by atoms with E-state index in [1.54, 1.807) is 12.1 Å². The van der Waals surface area contributed by atoms with Gasteiger partial charge in [0, 0.05) is 12.6 Å². The van der Waals surface area contributed by atoms with Crippen LogP contribution in [0.5, 0.6) is 0 Å². The molecule has 2 heterocycles. The maximum atomic E-state index is 13.4. The van der Waals surface area contributed by atoms with Gasteiger partial charge in [0.2, 0.25) is 0 Å². The second kappa shape index (κ2) is 6.04. The highest BCUT2D eigenvalue weighted by Crippen LogP contribution is 2.42. The number of hydrogen-bond donors (Lipinski definition) is 1. The Hall–Kier alpha value is -0.580. The number of nitrogens with two attached hydrogens (primary N) is 1. The molecule has 1 aromatic rings. The van der Waals surface area contributed by atoms with Crippen LogP contribution in [0.15, 0.2) is 24.3 Å². The Balaban J connectivity index is 1.73. The second-order valence-electron chi connectivity index (χ2n) is 5.98. The molecule has 2 saturated heterocycles.